The van der Waals surface area contributed by atoms with Gasteiger partial charge in [0.1, 0.15) is 0 Å². The predicted molar refractivity (Wildman–Crippen MR) is 63.2 cm³/mol. The summed E-state index contributed by atoms with van der Waals surface area (Å²) in [6.07, 6.45) is -4.04. The lowest BCUT2D eigenvalue weighted by molar-refractivity contribution is -0.174. The van der Waals surface area contributed by atoms with E-state index in [0.717, 1.165) is 6.42 Å². The van der Waals surface area contributed by atoms with Gasteiger partial charge in [-0.2, -0.15) is 13.2 Å². The van der Waals surface area contributed by atoms with Crippen molar-refractivity contribution in [1.29, 1.82) is 0 Å². The topological polar surface area (TPSA) is 49.4 Å². The molecule has 0 aromatic heterocycles. The number of nitrogens with one attached hydrogen (secondary N) is 1. The fourth-order valence-corrected chi connectivity index (χ4v) is 2.44. The number of hydrogen-bond acceptors (Lipinski definition) is 2. The Morgan fingerprint density at radius 2 is 1.95 bits per heavy atom. The van der Waals surface area contributed by atoms with Crippen molar-refractivity contribution < 1.29 is 22.8 Å². The summed E-state index contributed by atoms with van der Waals surface area (Å²) in [7, 11) is 0. The monoisotopic (exact) mass is 280 g/mol. The third-order valence-electron chi connectivity index (χ3n) is 3.65. The maximum Gasteiger partial charge on any atom is 0.471 e. The molecule has 7 heteroatoms. The molecular weight excluding hydrogens is 261 g/mol. The van der Waals surface area contributed by atoms with Crippen LogP contribution in [0.2, 0.25) is 0 Å². The van der Waals surface area contributed by atoms with Gasteiger partial charge in [-0.25, -0.2) is 0 Å². The lowest BCUT2D eigenvalue weighted by atomic mass is 9.81. The normalized spacial score (nSPS) is 22.4. The van der Waals surface area contributed by atoms with Crippen LogP contribution < -0.4 is 5.32 Å². The molecule has 110 valence electrons. The van der Waals surface area contributed by atoms with Crippen LogP contribution in [0.3, 0.4) is 0 Å². The molecule has 0 aromatic carbocycles. The Balaban J connectivity index is 2.51. The molecule has 1 N–H and O–H groups in total. The van der Waals surface area contributed by atoms with Gasteiger partial charge < -0.3 is 10.2 Å². The maximum atomic E-state index is 12.0. The maximum absolute atomic E-state index is 12.0. The minimum atomic E-state index is -4.95. The Labute approximate surface area is 110 Å². The molecule has 1 rings (SSSR count). The van der Waals surface area contributed by atoms with Gasteiger partial charge in [-0.3, -0.25) is 9.59 Å². The molecule has 1 aliphatic heterocycles. The van der Waals surface area contributed by atoms with Crippen molar-refractivity contribution in [3.8, 4) is 0 Å². The van der Waals surface area contributed by atoms with E-state index < -0.39 is 24.5 Å². The van der Waals surface area contributed by atoms with E-state index in [1.807, 2.05) is 20.8 Å². The third kappa shape index (κ3) is 3.84. The number of alkyl halides is 3. The summed E-state index contributed by atoms with van der Waals surface area (Å²) in [6.45, 7) is 6.51. The van der Waals surface area contributed by atoms with Gasteiger partial charge in [-0.05, 0) is 11.3 Å². The van der Waals surface area contributed by atoms with E-state index in [1.54, 1.807) is 5.32 Å². The fourth-order valence-electron chi connectivity index (χ4n) is 2.44. The van der Waals surface area contributed by atoms with Crippen LogP contribution in [-0.4, -0.2) is 42.5 Å². The highest BCUT2D eigenvalue weighted by atomic mass is 19.4. The minimum Gasteiger partial charge on any atom is -0.340 e. The average molecular weight is 280 g/mol. The first-order chi connectivity index (χ1) is 8.58. The van der Waals surface area contributed by atoms with E-state index >= 15 is 0 Å². The van der Waals surface area contributed by atoms with E-state index in [0.29, 0.717) is 19.0 Å². The molecule has 2 amide bonds. The van der Waals surface area contributed by atoms with Crippen LogP contribution in [0.25, 0.3) is 0 Å². The summed E-state index contributed by atoms with van der Waals surface area (Å²) in [5.41, 5.74) is -0.0432. The summed E-state index contributed by atoms with van der Waals surface area (Å²) >= 11 is 0. The van der Waals surface area contributed by atoms with Gasteiger partial charge in [0.2, 0.25) is 5.91 Å². The van der Waals surface area contributed by atoms with Crippen molar-refractivity contribution in [2.24, 2.45) is 11.3 Å². The second-order valence-corrected chi connectivity index (χ2v) is 5.55. The highest BCUT2D eigenvalue weighted by Gasteiger charge is 2.41. The Morgan fingerprint density at radius 1 is 1.37 bits per heavy atom. The summed E-state index contributed by atoms with van der Waals surface area (Å²) < 4.78 is 35.9. The van der Waals surface area contributed by atoms with Gasteiger partial charge in [0.15, 0.2) is 0 Å². The molecule has 0 aromatic rings. The molecule has 0 radical (unpaired) electrons. The van der Waals surface area contributed by atoms with Crippen LogP contribution in [0.1, 0.15) is 27.2 Å². The molecule has 1 atom stereocenters. The average Bonchev–Trinajstić information content (AvgIpc) is 2.59. The number of hydrogen-bond donors (Lipinski definition) is 1. The molecule has 1 aliphatic rings. The zero-order chi connectivity index (χ0) is 14.8. The summed E-state index contributed by atoms with van der Waals surface area (Å²) in [5.74, 6) is -2.22. The van der Waals surface area contributed by atoms with Gasteiger partial charge in [0.05, 0.1) is 6.54 Å². The van der Waals surface area contributed by atoms with Gasteiger partial charge >= 0.3 is 12.1 Å². The smallest absolute Gasteiger partial charge is 0.340 e. The fraction of sp³-hybridized carbons (Fsp3) is 0.833. The van der Waals surface area contributed by atoms with E-state index in [1.165, 1.54) is 4.90 Å². The van der Waals surface area contributed by atoms with Crippen molar-refractivity contribution in [3.63, 3.8) is 0 Å². The molecule has 4 nitrogen and oxygen atoms in total. The van der Waals surface area contributed by atoms with Crippen LogP contribution in [0.5, 0.6) is 0 Å². The van der Waals surface area contributed by atoms with Gasteiger partial charge in [-0.1, -0.05) is 27.2 Å². The molecule has 1 unspecified atom stereocenters. The Hall–Kier alpha value is -1.27. The number of carbonyl (C=O) groups is 2. The third-order valence-corrected chi connectivity index (χ3v) is 3.65. The summed E-state index contributed by atoms with van der Waals surface area (Å²) in [6, 6.07) is 0. The lowest BCUT2D eigenvalue weighted by Gasteiger charge is -2.23. The number of halogens is 3. The van der Waals surface area contributed by atoms with Crippen LogP contribution >= 0.6 is 0 Å². The molecule has 0 saturated carbocycles. The van der Waals surface area contributed by atoms with Crippen LogP contribution in [0.15, 0.2) is 0 Å². The number of carbonyl (C=O) groups excluding carboxylic acids is 2. The highest BCUT2D eigenvalue weighted by Crippen LogP contribution is 2.36. The Kier molecular flexibility index (Phi) is 4.47. The van der Waals surface area contributed by atoms with E-state index in [4.69, 9.17) is 0 Å². The molecule has 0 spiro atoms. The second kappa shape index (κ2) is 5.38. The van der Waals surface area contributed by atoms with Crippen molar-refractivity contribution >= 4 is 11.8 Å². The number of rotatable bonds is 3. The number of nitrogens with zero attached hydrogens (tertiary/aromatic N) is 1. The second-order valence-electron chi connectivity index (χ2n) is 5.55. The zero-order valence-electron chi connectivity index (χ0n) is 11.3. The lowest BCUT2D eigenvalue weighted by Crippen LogP contribution is -2.44. The minimum absolute atomic E-state index is 0.0432. The molecule has 1 saturated heterocycles. The zero-order valence-corrected chi connectivity index (χ0v) is 11.3. The number of likely N-dealkylation sites (tertiary alicyclic amines) is 1. The van der Waals surface area contributed by atoms with E-state index in [2.05, 4.69) is 0 Å². The first kappa shape index (κ1) is 15.8. The van der Waals surface area contributed by atoms with Crippen molar-refractivity contribution in [1.82, 2.24) is 10.2 Å². The summed E-state index contributed by atoms with van der Waals surface area (Å²) in [5, 5.41) is 1.60. The van der Waals surface area contributed by atoms with Crippen LogP contribution in [0.4, 0.5) is 13.2 Å². The number of amides is 2. The molecule has 19 heavy (non-hydrogen) atoms. The summed E-state index contributed by atoms with van der Waals surface area (Å²) in [4.78, 5) is 23.9. The molecular formula is C12H19F3N2O2. The molecule has 1 heterocycles. The quantitative estimate of drug-likeness (QED) is 0.853. The van der Waals surface area contributed by atoms with Gasteiger partial charge in [0.25, 0.3) is 0 Å². The van der Waals surface area contributed by atoms with Crippen molar-refractivity contribution in [2.45, 2.75) is 33.4 Å². The molecule has 0 bridgehead atoms. The van der Waals surface area contributed by atoms with Crippen molar-refractivity contribution in [2.75, 3.05) is 19.6 Å². The van der Waals surface area contributed by atoms with Gasteiger partial charge in [-0.15, -0.1) is 0 Å². The predicted octanol–water partition coefficient (Wildman–Crippen LogP) is 1.56. The van der Waals surface area contributed by atoms with E-state index in [-0.39, 0.29) is 5.41 Å². The largest absolute Gasteiger partial charge is 0.471 e. The first-order valence-electron chi connectivity index (χ1n) is 6.20. The highest BCUT2D eigenvalue weighted by molar-refractivity contribution is 5.87. The molecule has 1 fully saturated rings. The van der Waals surface area contributed by atoms with Crippen LogP contribution in [0, 0.1) is 11.3 Å². The van der Waals surface area contributed by atoms with Crippen LogP contribution in [-0.2, 0) is 9.59 Å². The SMILES string of the molecule is CCC1CN(C(=O)CNC(=O)C(F)(F)F)CC1(C)C. The van der Waals surface area contributed by atoms with E-state index in [9.17, 15) is 22.8 Å². The Morgan fingerprint density at radius 3 is 2.37 bits per heavy atom. The Bertz CT molecular complexity index is 366. The first-order valence-corrected chi connectivity index (χ1v) is 6.20. The van der Waals surface area contributed by atoms with Crippen molar-refractivity contribution in [3.05, 3.63) is 0 Å². The molecule has 0 aliphatic carbocycles. The van der Waals surface area contributed by atoms with Gasteiger partial charge in [0, 0.05) is 13.1 Å². The standard InChI is InChI=1S/C12H19F3N2O2/c1-4-8-6-17(7-11(8,2)3)9(18)5-16-10(19)12(13,14)15/h8H,4-7H2,1-3H3,(H,16,19).